The minimum Gasteiger partial charge on any atom is -0.378 e. The fraction of sp³-hybridized carbons (Fsp3) is 0.917. The van der Waals surface area contributed by atoms with Crippen LogP contribution in [0, 0.1) is 11.8 Å². The molecule has 2 rings (SSSR count). The van der Waals surface area contributed by atoms with Crippen molar-refractivity contribution in [1.29, 1.82) is 0 Å². The topological polar surface area (TPSA) is 55.6 Å². The van der Waals surface area contributed by atoms with Crippen LogP contribution in [0.4, 0.5) is 0 Å². The van der Waals surface area contributed by atoms with E-state index in [0.717, 1.165) is 26.0 Å². The molecule has 2 fully saturated rings. The molecule has 2 aliphatic heterocycles. The molecule has 0 radical (unpaired) electrons. The second-order valence-electron chi connectivity index (χ2n) is 5.15. The van der Waals surface area contributed by atoms with E-state index in [1.807, 2.05) is 11.8 Å². The molecule has 0 bridgehead atoms. The lowest BCUT2D eigenvalue weighted by atomic mass is 10.0. The van der Waals surface area contributed by atoms with Gasteiger partial charge in [0.2, 0.25) is 5.91 Å². The summed E-state index contributed by atoms with van der Waals surface area (Å²) in [6.45, 7) is 6.36. The van der Waals surface area contributed by atoms with Gasteiger partial charge in [-0.1, -0.05) is 0 Å². The predicted octanol–water partition coefficient (Wildman–Crippen LogP) is 0.607. The molecule has 0 saturated carbocycles. The Morgan fingerprint density at radius 2 is 2.25 bits per heavy atom. The Bertz CT molecular complexity index is 270. The summed E-state index contributed by atoms with van der Waals surface area (Å²) < 4.78 is 5.46. The van der Waals surface area contributed by atoms with E-state index >= 15 is 0 Å². The van der Waals surface area contributed by atoms with E-state index in [2.05, 4.69) is 6.92 Å². The van der Waals surface area contributed by atoms with Crippen LogP contribution in [0.15, 0.2) is 0 Å². The van der Waals surface area contributed by atoms with Gasteiger partial charge in [0.1, 0.15) is 0 Å². The average Bonchev–Trinajstić information content (AvgIpc) is 2.83. The van der Waals surface area contributed by atoms with Gasteiger partial charge in [-0.3, -0.25) is 4.79 Å². The SMILES string of the molecule is CC1OCCC1C(=O)N1CC(CN)CC1C. The fourth-order valence-corrected chi connectivity index (χ4v) is 2.89. The first-order valence-electron chi connectivity index (χ1n) is 6.25. The van der Waals surface area contributed by atoms with Gasteiger partial charge in [0.15, 0.2) is 0 Å². The molecule has 2 heterocycles. The molecule has 4 unspecified atom stereocenters. The van der Waals surface area contributed by atoms with Crippen LogP contribution in [0.3, 0.4) is 0 Å². The van der Waals surface area contributed by atoms with Crippen molar-refractivity contribution in [2.24, 2.45) is 17.6 Å². The van der Waals surface area contributed by atoms with Gasteiger partial charge in [0, 0.05) is 19.2 Å². The van der Waals surface area contributed by atoms with Gasteiger partial charge in [0.25, 0.3) is 0 Å². The van der Waals surface area contributed by atoms with Crippen LogP contribution in [-0.2, 0) is 9.53 Å². The van der Waals surface area contributed by atoms with Gasteiger partial charge in [-0.15, -0.1) is 0 Å². The standard InChI is InChI=1S/C12H22N2O2/c1-8-5-10(6-13)7-14(8)12(15)11-3-4-16-9(11)2/h8-11H,3-7,13H2,1-2H3. The highest BCUT2D eigenvalue weighted by molar-refractivity contribution is 5.80. The van der Waals surface area contributed by atoms with E-state index in [9.17, 15) is 4.79 Å². The maximum Gasteiger partial charge on any atom is 0.228 e. The lowest BCUT2D eigenvalue weighted by molar-refractivity contribution is -0.137. The first kappa shape index (κ1) is 11.9. The van der Waals surface area contributed by atoms with Crippen LogP contribution < -0.4 is 5.73 Å². The molecule has 2 aliphatic rings. The third-order valence-electron chi connectivity index (χ3n) is 3.97. The number of carbonyl (C=O) groups is 1. The normalized spacial score (nSPS) is 39.3. The van der Waals surface area contributed by atoms with E-state index in [0.29, 0.717) is 18.5 Å². The maximum absolute atomic E-state index is 12.3. The van der Waals surface area contributed by atoms with Gasteiger partial charge < -0.3 is 15.4 Å². The van der Waals surface area contributed by atoms with Crippen molar-refractivity contribution < 1.29 is 9.53 Å². The number of ether oxygens (including phenoxy) is 1. The van der Waals surface area contributed by atoms with Crippen molar-refractivity contribution in [1.82, 2.24) is 4.90 Å². The largest absolute Gasteiger partial charge is 0.378 e. The number of rotatable bonds is 2. The molecule has 4 heteroatoms. The molecule has 2 saturated heterocycles. The third-order valence-corrected chi connectivity index (χ3v) is 3.97. The van der Waals surface area contributed by atoms with Crippen LogP contribution in [0.25, 0.3) is 0 Å². The molecule has 4 nitrogen and oxygen atoms in total. The van der Waals surface area contributed by atoms with Crippen molar-refractivity contribution in [3.8, 4) is 0 Å². The zero-order valence-corrected chi connectivity index (χ0v) is 10.2. The number of amides is 1. The second-order valence-corrected chi connectivity index (χ2v) is 5.15. The molecule has 0 aliphatic carbocycles. The van der Waals surface area contributed by atoms with E-state index in [4.69, 9.17) is 10.5 Å². The van der Waals surface area contributed by atoms with Crippen molar-refractivity contribution in [2.75, 3.05) is 19.7 Å². The van der Waals surface area contributed by atoms with E-state index in [1.54, 1.807) is 0 Å². The summed E-state index contributed by atoms with van der Waals surface area (Å²) in [6.07, 6.45) is 2.00. The Balaban J connectivity index is 1.99. The number of hydrogen-bond acceptors (Lipinski definition) is 3. The summed E-state index contributed by atoms with van der Waals surface area (Å²) in [5, 5.41) is 0. The molecule has 0 aromatic carbocycles. The molecule has 1 amide bonds. The van der Waals surface area contributed by atoms with E-state index in [-0.39, 0.29) is 17.9 Å². The summed E-state index contributed by atoms with van der Waals surface area (Å²) in [4.78, 5) is 14.3. The lowest BCUT2D eigenvalue weighted by Gasteiger charge is -2.26. The van der Waals surface area contributed by atoms with Crippen molar-refractivity contribution in [3.05, 3.63) is 0 Å². The first-order chi connectivity index (χ1) is 7.63. The quantitative estimate of drug-likeness (QED) is 0.750. The Kier molecular flexibility index (Phi) is 3.50. The lowest BCUT2D eigenvalue weighted by Crippen LogP contribution is -2.40. The minimum absolute atomic E-state index is 0.0685. The average molecular weight is 226 g/mol. The number of nitrogens with two attached hydrogens (primary N) is 1. The van der Waals surface area contributed by atoms with Gasteiger partial charge in [-0.2, -0.15) is 0 Å². The van der Waals surface area contributed by atoms with Crippen molar-refractivity contribution >= 4 is 5.91 Å². The third kappa shape index (κ3) is 2.09. The van der Waals surface area contributed by atoms with Gasteiger partial charge in [-0.05, 0) is 39.2 Å². The van der Waals surface area contributed by atoms with Crippen LogP contribution in [-0.4, -0.2) is 42.6 Å². The molecule has 0 aromatic rings. The maximum atomic E-state index is 12.3. The van der Waals surface area contributed by atoms with Crippen molar-refractivity contribution in [2.45, 2.75) is 38.8 Å². The zero-order valence-electron chi connectivity index (χ0n) is 10.2. The number of nitrogens with zero attached hydrogens (tertiary/aromatic N) is 1. The zero-order chi connectivity index (χ0) is 11.7. The fourth-order valence-electron chi connectivity index (χ4n) is 2.89. The highest BCUT2D eigenvalue weighted by atomic mass is 16.5. The number of hydrogen-bond donors (Lipinski definition) is 1. The van der Waals surface area contributed by atoms with E-state index in [1.165, 1.54) is 0 Å². The summed E-state index contributed by atoms with van der Waals surface area (Å²) in [6, 6.07) is 0.342. The molecule has 16 heavy (non-hydrogen) atoms. The highest BCUT2D eigenvalue weighted by Crippen LogP contribution is 2.28. The number of likely N-dealkylation sites (tertiary alicyclic amines) is 1. The van der Waals surface area contributed by atoms with Crippen LogP contribution in [0.1, 0.15) is 26.7 Å². The first-order valence-corrected chi connectivity index (χ1v) is 6.25. The Hall–Kier alpha value is -0.610. The molecule has 4 atom stereocenters. The van der Waals surface area contributed by atoms with Crippen LogP contribution in [0.2, 0.25) is 0 Å². The Labute approximate surface area is 97.1 Å². The Morgan fingerprint density at radius 3 is 2.75 bits per heavy atom. The second kappa shape index (κ2) is 4.72. The molecule has 0 spiro atoms. The summed E-state index contributed by atoms with van der Waals surface area (Å²) >= 11 is 0. The number of carbonyl (C=O) groups excluding carboxylic acids is 1. The van der Waals surface area contributed by atoms with Crippen LogP contribution >= 0.6 is 0 Å². The summed E-state index contributed by atoms with van der Waals surface area (Å²) in [5.74, 6) is 0.823. The van der Waals surface area contributed by atoms with Gasteiger partial charge in [-0.25, -0.2) is 0 Å². The minimum atomic E-state index is 0.0685. The Morgan fingerprint density at radius 1 is 1.50 bits per heavy atom. The molecular weight excluding hydrogens is 204 g/mol. The predicted molar refractivity (Wildman–Crippen MR) is 61.9 cm³/mol. The van der Waals surface area contributed by atoms with Gasteiger partial charge in [0.05, 0.1) is 12.0 Å². The highest BCUT2D eigenvalue weighted by Gasteiger charge is 2.39. The summed E-state index contributed by atoms with van der Waals surface area (Å²) in [7, 11) is 0. The smallest absolute Gasteiger partial charge is 0.228 e. The molecule has 92 valence electrons. The molecule has 2 N–H and O–H groups in total. The van der Waals surface area contributed by atoms with Crippen molar-refractivity contribution in [3.63, 3.8) is 0 Å². The van der Waals surface area contributed by atoms with E-state index < -0.39 is 0 Å². The summed E-state index contributed by atoms with van der Waals surface area (Å²) in [5.41, 5.74) is 5.68. The molecule has 0 aromatic heterocycles. The van der Waals surface area contributed by atoms with Gasteiger partial charge >= 0.3 is 0 Å². The van der Waals surface area contributed by atoms with Crippen LogP contribution in [0.5, 0.6) is 0 Å². The molecular formula is C12H22N2O2. The monoisotopic (exact) mass is 226 g/mol.